The van der Waals surface area contributed by atoms with Crippen LogP contribution in [0.1, 0.15) is 46.8 Å². The lowest BCUT2D eigenvalue weighted by Gasteiger charge is -2.39. The average Bonchev–Trinajstić information content (AvgIpc) is 3.12. The highest BCUT2D eigenvalue weighted by molar-refractivity contribution is 6.02. The van der Waals surface area contributed by atoms with Crippen molar-refractivity contribution in [1.29, 1.82) is 0 Å². The Hall–Kier alpha value is -3.12. The second kappa shape index (κ2) is 8.94. The van der Waals surface area contributed by atoms with E-state index in [1.165, 1.54) is 0 Å². The van der Waals surface area contributed by atoms with E-state index in [2.05, 4.69) is 22.0 Å². The number of aromatic nitrogens is 1. The van der Waals surface area contributed by atoms with E-state index >= 15 is 0 Å². The number of carbonyl (C=O) groups excluding carboxylic acids is 2. The van der Waals surface area contributed by atoms with Crippen molar-refractivity contribution in [2.24, 2.45) is 7.05 Å². The van der Waals surface area contributed by atoms with E-state index < -0.39 is 5.92 Å². The zero-order valence-corrected chi connectivity index (χ0v) is 18.3. The number of likely N-dealkylation sites (N-methyl/N-ethyl adjacent to an activating group) is 1. The minimum Gasteiger partial charge on any atom is -0.382 e. The molecule has 3 aromatic rings. The van der Waals surface area contributed by atoms with E-state index in [4.69, 9.17) is 4.74 Å². The Balaban J connectivity index is 1.76. The summed E-state index contributed by atoms with van der Waals surface area (Å²) in [4.78, 5) is 28.4. The summed E-state index contributed by atoms with van der Waals surface area (Å²) >= 11 is 0. The largest absolute Gasteiger partial charge is 0.382 e. The van der Waals surface area contributed by atoms with Crippen LogP contribution in [0.3, 0.4) is 0 Å². The summed E-state index contributed by atoms with van der Waals surface area (Å²) in [6, 6.07) is 15.2. The number of carbonyl (C=O) groups is 2. The smallest absolute Gasteiger partial charge is 0.254 e. The molecule has 0 bridgehead atoms. The fourth-order valence-corrected chi connectivity index (χ4v) is 4.59. The van der Waals surface area contributed by atoms with E-state index in [1.54, 1.807) is 11.9 Å². The highest BCUT2D eigenvalue weighted by atomic mass is 16.5. The van der Waals surface area contributed by atoms with E-state index in [0.717, 1.165) is 28.5 Å². The van der Waals surface area contributed by atoms with Crippen molar-refractivity contribution in [3.8, 4) is 0 Å². The Labute approximate surface area is 182 Å². The van der Waals surface area contributed by atoms with Crippen LogP contribution in [0, 0.1) is 0 Å². The predicted octanol–water partition coefficient (Wildman–Crippen LogP) is 3.63. The van der Waals surface area contributed by atoms with E-state index in [0.29, 0.717) is 25.3 Å². The van der Waals surface area contributed by atoms with Gasteiger partial charge in [-0.2, -0.15) is 0 Å². The molecule has 0 radical (unpaired) electrons. The molecule has 0 fully saturated rings. The molecular weight excluding hydrogens is 390 g/mol. The van der Waals surface area contributed by atoms with Gasteiger partial charge < -0.3 is 19.5 Å². The standard InChI is InChI=1S/C25H29N3O3/c1-4-31-15-9-14-26-24(29)22-18-11-5-6-12-19(18)25(30)28(3)23(22)20-16-27(2)21-13-8-7-10-17(20)21/h5-8,10-13,16,22-23H,4,9,14-15H2,1-3H3,(H,26,29). The highest BCUT2D eigenvalue weighted by Gasteiger charge is 2.43. The molecule has 2 aromatic carbocycles. The molecule has 1 aromatic heterocycles. The second-order valence-corrected chi connectivity index (χ2v) is 7.98. The molecule has 2 unspecified atom stereocenters. The number of rotatable bonds is 7. The van der Waals surface area contributed by atoms with Crippen LogP contribution in [-0.2, 0) is 16.6 Å². The molecule has 6 heteroatoms. The molecule has 1 aliphatic heterocycles. The molecule has 162 valence electrons. The van der Waals surface area contributed by atoms with Crippen LogP contribution in [0.2, 0.25) is 0 Å². The summed E-state index contributed by atoms with van der Waals surface area (Å²) < 4.78 is 7.44. The van der Waals surface area contributed by atoms with E-state index in [9.17, 15) is 9.59 Å². The zero-order chi connectivity index (χ0) is 22.0. The average molecular weight is 420 g/mol. The Morgan fingerprint density at radius 3 is 2.61 bits per heavy atom. The number of para-hydroxylation sites is 1. The number of amides is 2. The van der Waals surface area contributed by atoms with Crippen molar-refractivity contribution in [3.05, 3.63) is 71.4 Å². The fraction of sp³-hybridized carbons (Fsp3) is 0.360. The third kappa shape index (κ3) is 3.83. The SMILES string of the molecule is CCOCCCNC(=O)C1c2ccccc2C(=O)N(C)C1c1cn(C)c2ccccc12. The number of fused-ring (bicyclic) bond motifs is 2. The van der Waals surface area contributed by atoms with Gasteiger partial charge in [0.1, 0.15) is 0 Å². The summed E-state index contributed by atoms with van der Waals surface area (Å²) in [6.45, 7) is 3.78. The summed E-state index contributed by atoms with van der Waals surface area (Å²) in [7, 11) is 3.79. The van der Waals surface area contributed by atoms with Gasteiger partial charge in [-0.25, -0.2) is 0 Å². The van der Waals surface area contributed by atoms with Crippen molar-refractivity contribution >= 4 is 22.7 Å². The topological polar surface area (TPSA) is 63.6 Å². The maximum Gasteiger partial charge on any atom is 0.254 e. The quantitative estimate of drug-likeness (QED) is 0.595. The minimum atomic E-state index is -0.489. The second-order valence-electron chi connectivity index (χ2n) is 7.98. The Kier molecular flexibility index (Phi) is 6.09. The number of aryl methyl sites for hydroxylation is 1. The summed E-state index contributed by atoms with van der Waals surface area (Å²) in [5, 5.41) is 4.14. The van der Waals surface area contributed by atoms with Gasteiger partial charge in [-0.1, -0.05) is 36.4 Å². The zero-order valence-electron chi connectivity index (χ0n) is 18.3. The highest BCUT2D eigenvalue weighted by Crippen LogP contribution is 2.44. The first kappa shape index (κ1) is 21.1. The first-order chi connectivity index (χ1) is 15.0. The van der Waals surface area contributed by atoms with Crippen LogP contribution in [-0.4, -0.2) is 48.1 Å². The van der Waals surface area contributed by atoms with Gasteiger partial charge in [0, 0.05) is 62.1 Å². The molecule has 2 amide bonds. The number of hydrogen-bond donors (Lipinski definition) is 1. The lowest BCUT2D eigenvalue weighted by Crippen LogP contribution is -2.45. The van der Waals surface area contributed by atoms with Gasteiger partial charge in [-0.15, -0.1) is 0 Å². The lowest BCUT2D eigenvalue weighted by atomic mass is 9.79. The van der Waals surface area contributed by atoms with Gasteiger partial charge >= 0.3 is 0 Å². The first-order valence-electron chi connectivity index (χ1n) is 10.8. The molecular formula is C25H29N3O3. The molecule has 2 atom stereocenters. The third-order valence-electron chi connectivity index (χ3n) is 6.08. The number of nitrogens with one attached hydrogen (secondary N) is 1. The number of ether oxygens (including phenoxy) is 1. The van der Waals surface area contributed by atoms with Crippen LogP contribution in [0.25, 0.3) is 10.9 Å². The maximum absolute atomic E-state index is 13.5. The van der Waals surface area contributed by atoms with E-state index in [1.807, 2.05) is 56.6 Å². The molecule has 31 heavy (non-hydrogen) atoms. The van der Waals surface area contributed by atoms with Gasteiger partial charge in [0.25, 0.3) is 5.91 Å². The monoisotopic (exact) mass is 419 g/mol. The van der Waals surface area contributed by atoms with Crippen LogP contribution in [0.5, 0.6) is 0 Å². The van der Waals surface area contributed by atoms with Crippen molar-refractivity contribution < 1.29 is 14.3 Å². The minimum absolute atomic E-state index is 0.0612. The number of benzene rings is 2. The van der Waals surface area contributed by atoms with Crippen molar-refractivity contribution in [2.75, 3.05) is 26.8 Å². The Bertz CT molecular complexity index is 1100. The summed E-state index contributed by atoms with van der Waals surface area (Å²) in [6.07, 6.45) is 2.80. The maximum atomic E-state index is 13.5. The number of hydrogen-bond acceptors (Lipinski definition) is 3. The van der Waals surface area contributed by atoms with Gasteiger partial charge in [0.2, 0.25) is 5.91 Å². The normalized spacial score (nSPS) is 18.3. The van der Waals surface area contributed by atoms with Crippen molar-refractivity contribution in [3.63, 3.8) is 0 Å². The third-order valence-corrected chi connectivity index (χ3v) is 6.08. The van der Waals surface area contributed by atoms with Gasteiger partial charge in [-0.05, 0) is 31.0 Å². The van der Waals surface area contributed by atoms with Crippen molar-refractivity contribution in [1.82, 2.24) is 14.8 Å². The molecule has 2 heterocycles. The fourth-order valence-electron chi connectivity index (χ4n) is 4.59. The van der Waals surface area contributed by atoms with Gasteiger partial charge in [0.15, 0.2) is 0 Å². The van der Waals surface area contributed by atoms with E-state index in [-0.39, 0.29) is 17.9 Å². The molecule has 4 rings (SSSR count). The molecule has 0 saturated heterocycles. The van der Waals surface area contributed by atoms with Crippen LogP contribution in [0.4, 0.5) is 0 Å². The first-order valence-corrected chi connectivity index (χ1v) is 10.8. The van der Waals surface area contributed by atoms with Gasteiger partial charge in [0.05, 0.1) is 12.0 Å². The lowest BCUT2D eigenvalue weighted by molar-refractivity contribution is -0.124. The molecule has 0 saturated carbocycles. The molecule has 0 spiro atoms. The molecule has 1 N–H and O–H groups in total. The Morgan fingerprint density at radius 2 is 1.81 bits per heavy atom. The van der Waals surface area contributed by atoms with Crippen LogP contribution in [0.15, 0.2) is 54.7 Å². The molecule has 6 nitrogen and oxygen atoms in total. The van der Waals surface area contributed by atoms with Crippen LogP contribution >= 0.6 is 0 Å². The summed E-state index contributed by atoms with van der Waals surface area (Å²) in [5.74, 6) is -0.619. The van der Waals surface area contributed by atoms with Crippen LogP contribution < -0.4 is 5.32 Å². The Morgan fingerprint density at radius 1 is 1.06 bits per heavy atom. The van der Waals surface area contributed by atoms with Crippen molar-refractivity contribution in [2.45, 2.75) is 25.3 Å². The summed E-state index contributed by atoms with van der Waals surface area (Å²) in [5.41, 5.74) is 3.44. The van der Waals surface area contributed by atoms with Gasteiger partial charge in [-0.3, -0.25) is 9.59 Å². The predicted molar refractivity (Wildman–Crippen MR) is 121 cm³/mol. The molecule has 1 aliphatic rings. The molecule has 0 aliphatic carbocycles. The number of nitrogens with zero attached hydrogens (tertiary/aromatic N) is 2.